The second kappa shape index (κ2) is 4.80. The lowest BCUT2D eigenvalue weighted by Crippen LogP contribution is -1.94. The lowest BCUT2D eigenvalue weighted by Gasteiger charge is -2.06. The third-order valence-corrected chi connectivity index (χ3v) is 2.43. The maximum Gasteiger partial charge on any atom is 0.213 e. The Morgan fingerprint density at radius 3 is 2.56 bits per heavy atom. The van der Waals surface area contributed by atoms with Crippen molar-refractivity contribution in [2.24, 2.45) is 0 Å². The van der Waals surface area contributed by atoms with Crippen LogP contribution in [0.5, 0.6) is 5.88 Å². The highest BCUT2D eigenvalue weighted by Gasteiger charge is 2.12. The third kappa shape index (κ3) is 2.13. The Hall–Kier alpha value is -2.48. The monoisotopic (exact) mass is 246 g/mol. The molecule has 0 N–H and O–H groups in total. The average Bonchev–Trinajstić information content (AvgIpc) is 2.39. The normalized spacial score (nSPS) is 9.89. The second-order valence-electron chi connectivity index (χ2n) is 3.51. The van der Waals surface area contributed by atoms with Crippen molar-refractivity contribution in [2.75, 3.05) is 7.11 Å². The van der Waals surface area contributed by atoms with Gasteiger partial charge in [-0.2, -0.15) is 5.26 Å². The summed E-state index contributed by atoms with van der Waals surface area (Å²) in [5, 5.41) is 8.64. The van der Waals surface area contributed by atoms with Crippen LogP contribution in [0.3, 0.4) is 0 Å². The molecule has 18 heavy (non-hydrogen) atoms. The van der Waals surface area contributed by atoms with Crippen LogP contribution in [0.2, 0.25) is 0 Å². The summed E-state index contributed by atoms with van der Waals surface area (Å²) in [7, 11) is 1.39. The predicted octanol–water partition coefficient (Wildman–Crippen LogP) is 2.91. The number of rotatable bonds is 2. The molecule has 0 saturated carbocycles. The lowest BCUT2D eigenvalue weighted by molar-refractivity contribution is 0.396. The van der Waals surface area contributed by atoms with Gasteiger partial charge in [0.25, 0.3) is 0 Å². The van der Waals surface area contributed by atoms with Gasteiger partial charge in [-0.15, -0.1) is 0 Å². The molecule has 1 aromatic heterocycles. The van der Waals surface area contributed by atoms with Crippen LogP contribution in [0.25, 0.3) is 11.1 Å². The fourth-order valence-corrected chi connectivity index (χ4v) is 1.54. The standard InChI is InChI=1S/C13H8F2N2O/c1-18-13-5-10(12(15)7-17-13)9-3-2-8(6-16)4-11(9)14/h2-5,7H,1H3. The van der Waals surface area contributed by atoms with Gasteiger partial charge in [0.15, 0.2) is 0 Å². The molecular formula is C13H8F2N2O. The average molecular weight is 246 g/mol. The summed E-state index contributed by atoms with van der Waals surface area (Å²) in [5.74, 6) is -1.13. The van der Waals surface area contributed by atoms with E-state index in [1.165, 1.54) is 25.3 Å². The second-order valence-corrected chi connectivity index (χ2v) is 3.51. The number of benzene rings is 1. The minimum atomic E-state index is -0.666. The minimum Gasteiger partial charge on any atom is -0.481 e. The molecule has 0 bridgehead atoms. The van der Waals surface area contributed by atoms with Crippen molar-refractivity contribution in [1.82, 2.24) is 4.98 Å². The first-order valence-electron chi connectivity index (χ1n) is 5.05. The van der Waals surface area contributed by atoms with Gasteiger partial charge in [0.1, 0.15) is 11.6 Å². The summed E-state index contributed by atoms with van der Waals surface area (Å²) in [6.07, 6.45) is 0.964. The van der Waals surface area contributed by atoms with Gasteiger partial charge in [0.05, 0.1) is 24.9 Å². The lowest BCUT2D eigenvalue weighted by atomic mass is 10.0. The van der Waals surface area contributed by atoms with Gasteiger partial charge in [-0.1, -0.05) is 6.07 Å². The SMILES string of the molecule is COc1cc(-c2ccc(C#N)cc2F)c(F)cn1. The van der Waals surface area contributed by atoms with Gasteiger partial charge in [-0.3, -0.25) is 0 Å². The zero-order valence-electron chi connectivity index (χ0n) is 9.45. The van der Waals surface area contributed by atoms with Crippen LogP contribution < -0.4 is 4.74 Å². The topological polar surface area (TPSA) is 45.9 Å². The number of pyridine rings is 1. The van der Waals surface area contributed by atoms with E-state index in [9.17, 15) is 8.78 Å². The van der Waals surface area contributed by atoms with E-state index in [0.29, 0.717) is 0 Å². The summed E-state index contributed by atoms with van der Waals surface area (Å²) < 4.78 is 32.2. The number of methoxy groups -OCH3 is 1. The predicted molar refractivity (Wildman–Crippen MR) is 60.9 cm³/mol. The first kappa shape index (κ1) is 12.0. The number of aromatic nitrogens is 1. The van der Waals surface area contributed by atoms with Crippen molar-refractivity contribution in [2.45, 2.75) is 0 Å². The molecule has 2 aromatic rings. The van der Waals surface area contributed by atoms with E-state index in [1.807, 2.05) is 6.07 Å². The molecular weight excluding hydrogens is 238 g/mol. The van der Waals surface area contributed by atoms with Crippen LogP contribution in [0.4, 0.5) is 8.78 Å². The Morgan fingerprint density at radius 2 is 1.94 bits per heavy atom. The summed E-state index contributed by atoms with van der Waals surface area (Å²) in [5.41, 5.74) is 0.286. The highest BCUT2D eigenvalue weighted by atomic mass is 19.1. The van der Waals surface area contributed by atoms with Gasteiger partial charge in [0.2, 0.25) is 5.88 Å². The molecule has 0 aliphatic rings. The molecule has 1 heterocycles. The number of ether oxygens (including phenoxy) is 1. The Labute approximate surface area is 102 Å². The Morgan fingerprint density at radius 1 is 1.17 bits per heavy atom. The molecule has 0 radical (unpaired) electrons. The summed E-state index contributed by atoms with van der Waals surface area (Å²) >= 11 is 0. The minimum absolute atomic E-state index is 0.0452. The molecule has 5 heteroatoms. The number of nitriles is 1. The molecule has 1 aromatic carbocycles. The highest BCUT2D eigenvalue weighted by molar-refractivity contribution is 5.66. The van der Waals surface area contributed by atoms with E-state index in [-0.39, 0.29) is 22.6 Å². The maximum atomic E-state index is 13.8. The third-order valence-electron chi connectivity index (χ3n) is 2.43. The first-order valence-corrected chi connectivity index (χ1v) is 5.05. The first-order chi connectivity index (χ1) is 8.65. The van der Waals surface area contributed by atoms with Gasteiger partial charge < -0.3 is 4.74 Å². The number of hydrogen-bond donors (Lipinski definition) is 0. The quantitative estimate of drug-likeness (QED) is 0.818. The number of nitrogens with zero attached hydrogens (tertiary/aromatic N) is 2. The van der Waals surface area contributed by atoms with E-state index < -0.39 is 11.6 Å². The largest absolute Gasteiger partial charge is 0.481 e. The van der Waals surface area contributed by atoms with Crippen LogP contribution in [0.15, 0.2) is 30.5 Å². The fourth-order valence-electron chi connectivity index (χ4n) is 1.54. The summed E-state index contributed by atoms with van der Waals surface area (Å²) in [6, 6.07) is 6.95. The Kier molecular flexibility index (Phi) is 3.20. The van der Waals surface area contributed by atoms with Crippen LogP contribution in [-0.2, 0) is 0 Å². The van der Waals surface area contributed by atoms with Crippen LogP contribution in [0.1, 0.15) is 5.56 Å². The van der Waals surface area contributed by atoms with Crippen molar-refractivity contribution in [3.63, 3.8) is 0 Å². The van der Waals surface area contributed by atoms with E-state index >= 15 is 0 Å². The molecule has 0 aliphatic heterocycles. The molecule has 0 spiro atoms. The number of halogens is 2. The van der Waals surface area contributed by atoms with Gasteiger partial charge in [-0.25, -0.2) is 13.8 Å². The van der Waals surface area contributed by atoms with Crippen LogP contribution in [0, 0.1) is 23.0 Å². The zero-order chi connectivity index (χ0) is 13.1. The Balaban J connectivity index is 2.58. The molecule has 2 rings (SSSR count). The van der Waals surface area contributed by atoms with E-state index in [1.54, 1.807) is 0 Å². The smallest absolute Gasteiger partial charge is 0.213 e. The van der Waals surface area contributed by atoms with Crippen molar-refractivity contribution in [3.8, 4) is 23.1 Å². The molecule has 0 aliphatic carbocycles. The zero-order valence-corrected chi connectivity index (χ0v) is 9.45. The molecule has 0 fully saturated rings. The van der Waals surface area contributed by atoms with Crippen LogP contribution >= 0.6 is 0 Å². The van der Waals surface area contributed by atoms with Gasteiger partial charge in [-0.05, 0) is 12.1 Å². The Bertz CT molecular complexity index is 635. The number of hydrogen-bond acceptors (Lipinski definition) is 3. The maximum absolute atomic E-state index is 13.8. The molecule has 90 valence electrons. The molecule has 0 atom stereocenters. The molecule has 0 unspecified atom stereocenters. The van der Waals surface area contributed by atoms with Crippen molar-refractivity contribution >= 4 is 0 Å². The van der Waals surface area contributed by atoms with Crippen LogP contribution in [-0.4, -0.2) is 12.1 Å². The van der Waals surface area contributed by atoms with Crippen molar-refractivity contribution in [1.29, 1.82) is 5.26 Å². The highest BCUT2D eigenvalue weighted by Crippen LogP contribution is 2.28. The molecule has 0 amide bonds. The summed E-state index contributed by atoms with van der Waals surface area (Å²) in [6.45, 7) is 0. The van der Waals surface area contributed by atoms with Crippen molar-refractivity contribution in [3.05, 3.63) is 47.7 Å². The summed E-state index contributed by atoms with van der Waals surface area (Å²) in [4.78, 5) is 3.67. The molecule has 0 saturated heterocycles. The van der Waals surface area contributed by atoms with Gasteiger partial charge >= 0.3 is 0 Å². The van der Waals surface area contributed by atoms with E-state index in [2.05, 4.69) is 4.98 Å². The van der Waals surface area contributed by atoms with E-state index in [0.717, 1.165) is 12.3 Å². The van der Waals surface area contributed by atoms with Gasteiger partial charge in [0, 0.05) is 17.2 Å². The van der Waals surface area contributed by atoms with Crippen molar-refractivity contribution < 1.29 is 13.5 Å². The van der Waals surface area contributed by atoms with E-state index in [4.69, 9.17) is 10.00 Å². The molecule has 3 nitrogen and oxygen atoms in total. The fraction of sp³-hybridized carbons (Fsp3) is 0.0769.